The van der Waals surface area contributed by atoms with E-state index in [1.807, 2.05) is 20.8 Å². The number of aliphatic hydroxyl groups excluding tert-OH is 2. The van der Waals surface area contributed by atoms with Crippen LogP contribution in [0.4, 0.5) is 0 Å². The summed E-state index contributed by atoms with van der Waals surface area (Å²) >= 11 is 0. The maximum absolute atomic E-state index is 14.1. The van der Waals surface area contributed by atoms with Gasteiger partial charge in [-0.1, -0.05) is 13.8 Å². The maximum Gasteiger partial charge on any atom is 0.317 e. The van der Waals surface area contributed by atoms with E-state index in [-0.39, 0.29) is 127 Å². The lowest BCUT2D eigenvalue weighted by atomic mass is 9.44. The van der Waals surface area contributed by atoms with Gasteiger partial charge in [-0.25, -0.2) is 0 Å². The molecule has 9 rings (SSSR count). The summed E-state index contributed by atoms with van der Waals surface area (Å²) in [5, 5.41) is 19.6. The lowest BCUT2D eigenvalue weighted by molar-refractivity contribution is -0.180. The van der Waals surface area contributed by atoms with E-state index in [2.05, 4.69) is 13.8 Å². The van der Waals surface area contributed by atoms with Crippen molar-refractivity contribution in [3.8, 4) is 0 Å². The first kappa shape index (κ1) is 33.5. The van der Waals surface area contributed by atoms with E-state index in [4.69, 9.17) is 14.2 Å². The fourth-order valence-corrected chi connectivity index (χ4v) is 13.4. The van der Waals surface area contributed by atoms with Crippen LogP contribution >= 0.6 is 0 Å². The molecule has 6 bridgehead atoms. The van der Waals surface area contributed by atoms with Crippen molar-refractivity contribution < 1.29 is 43.6 Å². The van der Waals surface area contributed by atoms with Gasteiger partial charge < -0.3 is 24.4 Å². The first-order valence-electron chi connectivity index (χ1n) is 18.7. The Morgan fingerprint density at radius 3 is 2.02 bits per heavy atom. The first-order chi connectivity index (χ1) is 22.3. The molecule has 1 aliphatic heterocycles. The topological polar surface area (TPSA) is 136 Å². The highest BCUT2D eigenvalue weighted by Gasteiger charge is 2.67. The molecule has 47 heavy (non-hydrogen) atoms. The third kappa shape index (κ3) is 5.48. The maximum atomic E-state index is 14.1. The zero-order valence-corrected chi connectivity index (χ0v) is 28.8. The SMILES string of the molecule is CC1C2CCC(C(CO)C2)C1C1C(=O)OC(=O)C1C1C2CCC(C(C(=O)OC(C)(C)C)C2)C1C1C2CC(C(=O)OCCO)C(C2)C1C. The van der Waals surface area contributed by atoms with E-state index >= 15 is 0 Å². The molecular weight excluding hydrogens is 600 g/mol. The summed E-state index contributed by atoms with van der Waals surface area (Å²) in [5.41, 5.74) is -0.600. The average molecular weight is 657 g/mol. The molecule has 1 heterocycles. The number of esters is 4. The number of hydrogen-bond acceptors (Lipinski definition) is 9. The molecule has 0 spiro atoms. The molecule has 0 amide bonds. The van der Waals surface area contributed by atoms with Crippen molar-refractivity contribution in [3.05, 3.63) is 0 Å². The van der Waals surface area contributed by atoms with Gasteiger partial charge in [0.25, 0.3) is 0 Å². The molecule has 0 radical (unpaired) electrons. The van der Waals surface area contributed by atoms with E-state index in [0.29, 0.717) is 12.3 Å². The van der Waals surface area contributed by atoms with Crippen LogP contribution in [0.2, 0.25) is 0 Å². The molecular formula is C38H56O9. The van der Waals surface area contributed by atoms with Crippen molar-refractivity contribution in [3.63, 3.8) is 0 Å². The number of cyclic esters (lactones) is 2. The Hall–Kier alpha value is -2.00. The molecule has 9 fully saturated rings. The molecule has 0 aromatic heterocycles. The molecule has 2 N–H and O–H groups in total. The molecule has 0 aromatic rings. The van der Waals surface area contributed by atoms with Gasteiger partial charge in [-0.15, -0.1) is 0 Å². The molecule has 0 aromatic carbocycles. The number of fused-ring (bicyclic) bond motifs is 8. The van der Waals surface area contributed by atoms with Crippen LogP contribution in [0.15, 0.2) is 0 Å². The van der Waals surface area contributed by atoms with Crippen LogP contribution in [0.25, 0.3) is 0 Å². The van der Waals surface area contributed by atoms with Crippen molar-refractivity contribution >= 4 is 23.9 Å². The number of carbonyl (C=O) groups is 4. The van der Waals surface area contributed by atoms with E-state index < -0.39 is 17.4 Å². The van der Waals surface area contributed by atoms with Crippen LogP contribution in [0.1, 0.15) is 86.0 Å². The van der Waals surface area contributed by atoms with Gasteiger partial charge >= 0.3 is 23.9 Å². The predicted molar refractivity (Wildman–Crippen MR) is 170 cm³/mol. The van der Waals surface area contributed by atoms with Crippen molar-refractivity contribution in [1.29, 1.82) is 0 Å². The van der Waals surface area contributed by atoms with Gasteiger partial charge in [-0.3, -0.25) is 19.2 Å². The van der Waals surface area contributed by atoms with Gasteiger partial charge in [0.15, 0.2) is 0 Å². The van der Waals surface area contributed by atoms with Crippen LogP contribution in [0, 0.1) is 101 Å². The number of ether oxygens (including phenoxy) is 3. The minimum atomic E-state index is -0.600. The van der Waals surface area contributed by atoms with E-state index in [9.17, 15) is 29.4 Å². The van der Waals surface area contributed by atoms with Gasteiger partial charge in [0, 0.05) is 6.61 Å². The quantitative estimate of drug-likeness (QED) is 0.217. The Kier molecular flexibility index (Phi) is 8.84. The highest BCUT2D eigenvalue weighted by molar-refractivity contribution is 5.97. The minimum Gasteiger partial charge on any atom is -0.463 e. The summed E-state index contributed by atoms with van der Waals surface area (Å²) in [4.78, 5) is 54.8. The third-order valence-electron chi connectivity index (χ3n) is 14.8. The first-order valence-corrected chi connectivity index (χ1v) is 18.7. The van der Waals surface area contributed by atoms with E-state index in [1.54, 1.807) is 0 Å². The van der Waals surface area contributed by atoms with Crippen molar-refractivity contribution in [2.45, 2.75) is 91.6 Å². The van der Waals surface area contributed by atoms with Crippen molar-refractivity contribution in [2.24, 2.45) is 101 Å². The zero-order valence-electron chi connectivity index (χ0n) is 28.8. The van der Waals surface area contributed by atoms with Crippen LogP contribution in [0.5, 0.6) is 0 Å². The van der Waals surface area contributed by atoms with Crippen molar-refractivity contribution in [1.82, 2.24) is 0 Å². The fraction of sp³-hybridized carbons (Fsp3) is 0.895. The molecule has 8 saturated carbocycles. The second-order valence-corrected chi connectivity index (χ2v) is 17.8. The molecule has 9 aliphatic rings. The second kappa shape index (κ2) is 12.4. The lowest BCUT2D eigenvalue weighted by Gasteiger charge is -2.59. The Morgan fingerprint density at radius 1 is 0.723 bits per heavy atom. The van der Waals surface area contributed by atoms with Crippen LogP contribution in [0.3, 0.4) is 0 Å². The Bertz CT molecular complexity index is 1250. The zero-order chi connectivity index (χ0) is 33.5. The molecule has 8 aliphatic carbocycles. The largest absolute Gasteiger partial charge is 0.463 e. The lowest BCUT2D eigenvalue weighted by Crippen LogP contribution is -2.58. The monoisotopic (exact) mass is 656 g/mol. The number of hydrogen-bond donors (Lipinski definition) is 2. The molecule has 17 unspecified atom stereocenters. The molecule has 9 nitrogen and oxygen atoms in total. The summed E-state index contributed by atoms with van der Waals surface area (Å²) in [6, 6.07) is 0. The summed E-state index contributed by atoms with van der Waals surface area (Å²) in [7, 11) is 0. The van der Waals surface area contributed by atoms with Gasteiger partial charge in [0.1, 0.15) is 12.2 Å². The minimum absolute atomic E-state index is 0.00827. The highest BCUT2D eigenvalue weighted by Crippen LogP contribution is 2.68. The summed E-state index contributed by atoms with van der Waals surface area (Å²) < 4.78 is 17.0. The Morgan fingerprint density at radius 2 is 1.36 bits per heavy atom. The molecule has 1 saturated heterocycles. The smallest absolute Gasteiger partial charge is 0.317 e. The molecule has 9 heteroatoms. The highest BCUT2D eigenvalue weighted by atomic mass is 16.6. The molecule has 262 valence electrons. The van der Waals surface area contributed by atoms with E-state index in [1.165, 1.54) is 0 Å². The average Bonchev–Trinajstić information content (AvgIpc) is 3.69. The standard InChI is InChI=1S/C38H56O9/c1-17-19-6-8-23(22(12-19)16-40)29(17)32-33(37(44)46-36(32)43)30-20-7-9-24(26(13-20)35(42)47-38(3,4)5)31(30)28-18(2)25-14-21(28)15-27(25)34(41)45-11-10-39/h17-33,39-40H,6-16H2,1-5H3. The van der Waals surface area contributed by atoms with E-state index in [0.717, 1.165) is 44.9 Å². The van der Waals surface area contributed by atoms with Crippen LogP contribution in [-0.4, -0.2) is 59.5 Å². The number of aliphatic hydroxyl groups is 2. The van der Waals surface area contributed by atoms with Crippen molar-refractivity contribution in [2.75, 3.05) is 19.8 Å². The van der Waals surface area contributed by atoms with Gasteiger partial charge in [-0.05, 0) is 149 Å². The summed E-state index contributed by atoms with van der Waals surface area (Å²) in [5.74, 6) is -0.574. The summed E-state index contributed by atoms with van der Waals surface area (Å²) in [6.07, 6.45) is 7.21. The molecule has 17 atom stereocenters. The van der Waals surface area contributed by atoms with Crippen LogP contribution in [-0.2, 0) is 33.4 Å². The van der Waals surface area contributed by atoms with Gasteiger partial charge in [-0.2, -0.15) is 0 Å². The van der Waals surface area contributed by atoms with Gasteiger partial charge in [0.2, 0.25) is 0 Å². The Labute approximate surface area is 279 Å². The Balaban J connectivity index is 1.25. The predicted octanol–water partition coefficient (Wildman–Crippen LogP) is 4.66. The fourth-order valence-electron chi connectivity index (χ4n) is 13.4. The second-order valence-electron chi connectivity index (χ2n) is 17.8. The van der Waals surface area contributed by atoms with Crippen LogP contribution < -0.4 is 0 Å². The number of rotatable bonds is 8. The third-order valence-corrected chi connectivity index (χ3v) is 14.8. The van der Waals surface area contributed by atoms with Gasteiger partial charge in [0.05, 0.1) is 30.3 Å². The number of carbonyl (C=O) groups excluding carboxylic acids is 4. The summed E-state index contributed by atoms with van der Waals surface area (Å²) in [6.45, 7) is 10.1. The normalized spacial score (nSPS) is 48.5.